The number of phenols is 1. The lowest BCUT2D eigenvalue weighted by atomic mass is 10.1. The summed E-state index contributed by atoms with van der Waals surface area (Å²) in [6.07, 6.45) is 0. The van der Waals surface area contributed by atoms with Crippen molar-refractivity contribution in [3.63, 3.8) is 0 Å². The average Bonchev–Trinajstić information content (AvgIpc) is 2.86. The number of benzene rings is 2. The number of carbonyl (C=O) groups is 1. The van der Waals surface area contributed by atoms with Crippen LogP contribution in [0.2, 0.25) is 0 Å². The molecular weight excluding hydrogens is 279 g/mol. The Kier molecular flexibility index (Phi) is 3.02. The molecule has 1 amide bonds. The molecule has 1 heterocycles. The van der Waals surface area contributed by atoms with Crippen LogP contribution >= 0.6 is 0 Å². The van der Waals surface area contributed by atoms with E-state index in [0.717, 1.165) is 12.1 Å². The van der Waals surface area contributed by atoms with Crippen molar-refractivity contribution in [2.45, 2.75) is 0 Å². The van der Waals surface area contributed by atoms with Gasteiger partial charge in [-0.05, 0) is 12.1 Å². The summed E-state index contributed by atoms with van der Waals surface area (Å²) in [4.78, 5) is 12.1. The molecule has 0 atom stereocenters. The van der Waals surface area contributed by atoms with Crippen LogP contribution in [0, 0.1) is 5.82 Å². The minimum Gasteiger partial charge on any atom is -0.507 e. The summed E-state index contributed by atoms with van der Waals surface area (Å²) in [5.74, 6) is -0.741. The molecule has 3 rings (SSSR count). The number of phenolic OH excluding ortho intramolecular Hbond substituents is 1. The highest BCUT2D eigenvalue weighted by Gasteiger charge is 2.18. The highest BCUT2D eigenvalue weighted by molar-refractivity contribution is 6.07. The molecule has 0 aliphatic carbocycles. The van der Waals surface area contributed by atoms with E-state index in [4.69, 9.17) is 15.2 Å². The number of anilines is 2. The third-order valence-corrected chi connectivity index (χ3v) is 3.00. The molecule has 0 aromatic heterocycles. The number of ether oxygens (including phenoxy) is 2. The molecule has 6 nitrogen and oxygen atoms in total. The molecule has 0 unspecified atom stereocenters. The van der Waals surface area contributed by atoms with Crippen LogP contribution in [0.4, 0.5) is 15.8 Å². The van der Waals surface area contributed by atoms with Gasteiger partial charge in [0.1, 0.15) is 11.6 Å². The summed E-state index contributed by atoms with van der Waals surface area (Å²) < 4.78 is 23.3. The van der Waals surface area contributed by atoms with E-state index in [1.54, 1.807) is 0 Å². The molecule has 1 aliphatic heterocycles. The molecule has 108 valence electrons. The van der Waals surface area contributed by atoms with Crippen LogP contribution in [0.3, 0.4) is 0 Å². The first kappa shape index (κ1) is 13.0. The number of fused-ring (bicyclic) bond motifs is 1. The van der Waals surface area contributed by atoms with E-state index >= 15 is 0 Å². The second-order valence-electron chi connectivity index (χ2n) is 4.41. The summed E-state index contributed by atoms with van der Waals surface area (Å²) in [5.41, 5.74) is 6.35. The van der Waals surface area contributed by atoms with Crippen molar-refractivity contribution in [2.24, 2.45) is 0 Å². The van der Waals surface area contributed by atoms with E-state index in [-0.39, 0.29) is 18.0 Å². The third kappa shape index (κ3) is 2.40. The van der Waals surface area contributed by atoms with Crippen LogP contribution in [0.15, 0.2) is 30.3 Å². The van der Waals surface area contributed by atoms with Crippen molar-refractivity contribution in [3.05, 3.63) is 41.7 Å². The van der Waals surface area contributed by atoms with E-state index in [2.05, 4.69) is 5.32 Å². The molecule has 2 aromatic carbocycles. The summed E-state index contributed by atoms with van der Waals surface area (Å²) in [6, 6.07) is 6.18. The Morgan fingerprint density at radius 1 is 1.24 bits per heavy atom. The van der Waals surface area contributed by atoms with Crippen LogP contribution in [0.5, 0.6) is 17.2 Å². The van der Waals surface area contributed by atoms with Crippen LogP contribution in [0.25, 0.3) is 0 Å². The van der Waals surface area contributed by atoms with Gasteiger partial charge in [-0.25, -0.2) is 4.39 Å². The van der Waals surface area contributed by atoms with Gasteiger partial charge in [0.05, 0.1) is 16.9 Å². The number of aromatic hydroxyl groups is 1. The first-order valence-corrected chi connectivity index (χ1v) is 6.03. The number of halogens is 1. The zero-order valence-corrected chi connectivity index (χ0v) is 10.7. The number of amides is 1. The molecule has 0 saturated carbocycles. The Hall–Kier alpha value is -2.96. The Balaban J connectivity index is 1.88. The van der Waals surface area contributed by atoms with E-state index in [9.17, 15) is 14.3 Å². The second-order valence-corrected chi connectivity index (χ2v) is 4.41. The Labute approximate surface area is 118 Å². The van der Waals surface area contributed by atoms with Crippen molar-refractivity contribution in [1.82, 2.24) is 0 Å². The summed E-state index contributed by atoms with van der Waals surface area (Å²) in [7, 11) is 0. The SMILES string of the molecule is Nc1cc2c(cc1NC(=O)c1ccc(F)cc1O)OCO2. The molecule has 0 bridgehead atoms. The average molecular weight is 290 g/mol. The maximum atomic E-state index is 12.9. The Morgan fingerprint density at radius 3 is 2.67 bits per heavy atom. The summed E-state index contributed by atoms with van der Waals surface area (Å²) >= 11 is 0. The molecule has 0 radical (unpaired) electrons. The van der Waals surface area contributed by atoms with Gasteiger partial charge in [0, 0.05) is 18.2 Å². The molecule has 4 N–H and O–H groups in total. The number of nitrogen functional groups attached to an aromatic ring is 1. The molecule has 2 aromatic rings. The van der Waals surface area contributed by atoms with Gasteiger partial charge in [-0.3, -0.25) is 4.79 Å². The molecule has 21 heavy (non-hydrogen) atoms. The number of carbonyl (C=O) groups excluding carboxylic acids is 1. The van der Waals surface area contributed by atoms with Crippen molar-refractivity contribution in [1.29, 1.82) is 0 Å². The van der Waals surface area contributed by atoms with Gasteiger partial charge in [-0.15, -0.1) is 0 Å². The monoisotopic (exact) mass is 290 g/mol. The standard InChI is InChI=1S/C14H11FN2O4/c15-7-1-2-8(11(18)3-7)14(19)17-10-5-13-12(4-9(10)16)20-6-21-13/h1-5,18H,6,16H2,(H,17,19). The normalized spacial score (nSPS) is 12.2. The molecule has 7 heteroatoms. The highest BCUT2D eigenvalue weighted by atomic mass is 19.1. The fourth-order valence-corrected chi connectivity index (χ4v) is 1.95. The van der Waals surface area contributed by atoms with Gasteiger partial charge in [0.15, 0.2) is 11.5 Å². The van der Waals surface area contributed by atoms with Gasteiger partial charge in [-0.1, -0.05) is 0 Å². The van der Waals surface area contributed by atoms with E-state index in [1.165, 1.54) is 18.2 Å². The minimum atomic E-state index is -0.633. The summed E-state index contributed by atoms with van der Waals surface area (Å²) in [5, 5.41) is 12.1. The first-order chi connectivity index (χ1) is 10.0. The zero-order chi connectivity index (χ0) is 15.0. The fraction of sp³-hybridized carbons (Fsp3) is 0.0714. The predicted molar refractivity (Wildman–Crippen MR) is 73.0 cm³/mol. The number of hydrogen-bond donors (Lipinski definition) is 3. The quantitative estimate of drug-likeness (QED) is 0.736. The molecule has 0 saturated heterocycles. The lowest BCUT2D eigenvalue weighted by Crippen LogP contribution is -2.13. The number of hydrogen-bond acceptors (Lipinski definition) is 5. The molecule has 1 aliphatic rings. The first-order valence-electron chi connectivity index (χ1n) is 6.03. The van der Waals surface area contributed by atoms with E-state index in [1.807, 2.05) is 0 Å². The minimum absolute atomic E-state index is 0.0616. The highest BCUT2D eigenvalue weighted by Crippen LogP contribution is 2.38. The maximum absolute atomic E-state index is 12.9. The second kappa shape index (κ2) is 4.86. The Bertz CT molecular complexity index is 733. The maximum Gasteiger partial charge on any atom is 0.259 e. The third-order valence-electron chi connectivity index (χ3n) is 3.00. The van der Waals surface area contributed by atoms with Crippen molar-refractivity contribution >= 4 is 17.3 Å². The van der Waals surface area contributed by atoms with Crippen molar-refractivity contribution < 1.29 is 23.8 Å². The predicted octanol–water partition coefficient (Wildman–Crippen LogP) is 2.09. The number of nitrogens with two attached hydrogens (primary N) is 1. The Morgan fingerprint density at radius 2 is 1.95 bits per heavy atom. The van der Waals surface area contributed by atoms with Gasteiger partial charge >= 0.3 is 0 Å². The topological polar surface area (TPSA) is 93.8 Å². The molecule has 0 fully saturated rings. The summed E-state index contributed by atoms with van der Waals surface area (Å²) in [6.45, 7) is 0.0882. The zero-order valence-electron chi connectivity index (χ0n) is 10.7. The van der Waals surface area contributed by atoms with Crippen LogP contribution < -0.4 is 20.5 Å². The van der Waals surface area contributed by atoms with Crippen molar-refractivity contribution in [3.8, 4) is 17.2 Å². The lowest BCUT2D eigenvalue weighted by molar-refractivity contribution is 0.102. The van der Waals surface area contributed by atoms with Crippen LogP contribution in [-0.2, 0) is 0 Å². The molecular formula is C14H11FN2O4. The number of rotatable bonds is 2. The smallest absolute Gasteiger partial charge is 0.259 e. The van der Waals surface area contributed by atoms with Crippen molar-refractivity contribution in [2.75, 3.05) is 17.8 Å². The van der Waals surface area contributed by atoms with Gasteiger partial charge in [-0.2, -0.15) is 0 Å². The van der Waals surface area contributed by atoms with Gasteiger partial charge in [0.2, 0.25) is 6.79 Å². The van der Waals surface area contributed by atoms with Crippen LogP contribution in [-0.4, -0.2) is 17.8 Å². The van der Waals surface area contributed by atoms with E-state index in [0.29, 0.717) is 17.2 Å². The fourth-order valence-electron chi connectivity index (χ4n) is 1.95. The van der Waals surface area contributed by atoms with E-state index < -0.39 is 17.5 Å². The number of nitrogens with one attached hydrogen (secondary N) is 1. The lowest BCUT2D eigenvalue weighted by Gasteiger charge is -2.10. The largest absolute Gasteiger partial charge is 0.507 e. The van der Waals surface area contributed by atoms with Gasteiger partial charge in [0.25, 0.3) is 5.91 Å². The molecule has 0 spiro atoms. The van der Waals surface area contributed by atoms with Crippen LogP contribution in [0.1, 0.15) is 10.4 Å². The van der Waals surface area contributed by atoms with Gasteiger partial charge < -0.3 is 25.6 Å².